The second-order valence-corrected chi connectivity index (χ2v) is 5.78. The van der Waals surface area contributed by atoms with Gasteiger partial charge in [-0.1, -0.05) is 15.9 Å². The van der Waals surface area contributed by atoms with Crippen LogP contribution in [-0.2, 0) is 4.79 Å². The van der Waals surface area contributed by atoms with Crippen LogP contribution in [0.5, 0.6) is 11.5 Å². The summed E-state index contributed by atoms with van der Waals surface area (Å²) in [5, 5.41) is 11.8. The van der Waals surface area contributed by atoms with Gasteiger partial charge in [-0.2, -0.15) is 5.26 Å². The quantitative estimate of drug-likeness (QED) is 0.599. The SMILES string of the molecule is COc1ccc(NC(=O)C(C#N)=Cc2cc(Br)ccc2F)cc1OC. The van der Waals surface area contributed by atoms with Crippen LogP contribution in [0.4, 0.5) is 10.1 Å². The predicted octanol–water partition coefficient (Wildman–Crippen LogP) is 4.15. The number of benzene rings is 2. The van der Waals surface area contributed by atoms with Gasteiger partial charge >= 0.3 is 0 Å². The average molecular weight is 405 g/mol. The zero-order valence-corrected chi connectivity index (χ0v) is 15.1. The third-order valence-corrected chi connectivity index (χ3v) is 3.76. The van der Waals surface area contributed by atoms with Crippen LogP contribution in [0.15, 0.2) is 46.4 Å². The second-order valence-electron chi connectivity index (χ2n) is 4.86. The smallest absolute Gasteiger partial charge is 0.266 e. The molecule has 0 aliphatic rings. The second kappa shape index (κ2) is 8.31. The molecule has 0 saturated carbocycles. The van der Waals surface area contributed by atoms with Crippen LogP contribution in [0.1, 0.15) is 5.56 Å². The molecular weight excluding hydrogens is 391 g/mol. The minimum Gasteiger partial charge on any atom is -0.493 e. The van der Waals surface area contributed by atoms with Gasteiger partial charge in [-0.3, -0.25) is 4.79 Å². The van der Waals surface area contributed by atoms with Crippen molar-refractivity contribution in [2.75, 3.05) is 19.5 Å². The van der Waals surface area contributed by atoms with E-state index in [0.717, 1.165) is 0 Å². The number of nitrogens with zero attached hydrogens (tertiary/aromatic N) is 1. The molecular formula is C18H14BrFN2O3. The molecule has 1 N–H and O–H groups in total. The lowest BCUT2D eigenvalue weighted by molar-refractivity contribution is -0.112. The molecule has 0 unspecified atom stereocenters. The van der Waals surface area contributed by atoms with Crippen LogP contribution in [0, 0.1) is 17.1 Å². The first-order valence-electron chi connectivity index (χ1n) is 7.08. The fraction of sp³-hybridized carbons (Fsp3) is 0.111. The number of hydrogen-bond donors (Lipinski definition) is 1. The third-order valence-electron chi connectivity index (χ3n) is 3.26. The molecule has 0 aliphatic carbocycles. The lowest BCUT2D eigenvalue weighted by Crippen LogP contribution is -2.13. The van der Waals surface area contributed by atoms with Gasteiger partial charge in [-0.05, 0) is 36.4 Å². The van der Waals surface area contributed by atoms with Gasteiger partial charge in [0.2, 0.25) is 0 Å². The van der Waals surface area contributed by atoms with Crippen LogP contribution in [0.25, 0.3) is 6.08 Å². The molecule has 7 heteroatoms. The maximum atomic E-state index is 13.8. The summed E-state index contributed by atoms with van der Waals surface area (Å²) < 4.78 is 24.7. The van der Waals surface area contributed by atoms with Crippen molar-refractivity contribution in [2.45, 2.75) is 0 Å². The van der Waals surface area contributed by atoms with Gasteiger partial charge in [0.25, 0.3) is 5.91 Å². The van der Waals surface area contributed by atoms with Gasteiger partial charge in [-0.15, -0.1) is 0 Å². The molecule has 5 nitrogen and oxygen atoms in total. The first-order valence-corrected chi connectivity index (χ1v) is 7.88. The van der Waals surface area contributed by atoms with Crippen LogP contribution in [0.3, 0.4) is 0 Å². The number of halogens is 2. The Balaban J connectivity index is 2.28. The van der Waals surface area contributed by atoms with E-state index in [1.54, 1.807) is 24.3 Å². The first kappa shape index (κ1) is 18.5. The van der Waals surface area contributed by atoms with E-state index >= 15 is 0 Å². The summed E-state index contributed by atoms with van der Waals surface area (Å²) in [5.41, 5.74) is 0.318. The van der Waals surface area contributed by atoms with Crippen molar-refractivity contribution in [3.8, 4) is 17.6 Å². The Morgan fingerprint density at radius 2 is 1.92 bits per heavy atom. The van der Waals surface area contributed by atoms with Crippen molar-refractivity contribution in [1.29, 1.82) is 5.26 Å². The molecule has 0 aromatic heterocycles. The van der Waals surface area contributed by atoms with Crippen LogP contribution < -0.4 is 14.8 Å². The maximum absolute atomic E-state index is 13.8. The molecule has 0 fully saturated rings. The molecule has 1 amide bonds. The van der Waals surface area contributed by atoms with E-state index < -0.39 is 11.7 Å². The molecule has 0 bridgehead atoms. The molecule has 0 atom stereocenters. The highest BCUT2D eigenvalue weighted by Crippen LogP contribution is 2.30. The lowest BCUT2D eigenvalue weighted by atomic mass is 10.1. The summed E-state index contributed by atoms with van der Waals surface area (Å²) in [7, 11) is 2.97. The van der Waals surface area contributed by atoms with E-state index in [9.17, 15) is 14.4 Å². The number of rotatable bonds is 5. The van der Waals surface area contributed by atoms with Crippen molar-refractivity contribution in [3.05, 3.63) is 57.8 Å². The largest absolute Gasteiger partial charge is 0.493 e. The van der Waals surface area contributed by atoms with Gasteiger partial charge in [0.05, 0.1) is 14.2 Å². The van der Waals surface area contributed by atoms with Crippen molar-refractivity contribution in [3.63, 3.8) is 0 Å². The zero-order valence-electron chi connectivity index (χ0n) is 13.5. The molecule has 0 aliphatic heterocycles. The summed E-state index contributed by atoms with van der Waals surface area (Å²) in [5.74, 6) is -0.252. The van der Waals surface area contributed by atoms with E-state index in [2.05, 4.69) is 21.2 Å². The monoisotopic (exact) mass is 404 g/mol. The van der Waals surface area contributed by atoms with Crippen molar-refractivity contribution < 1.29 is 18.7 Å². The number of carbonyl (C=O) groups excluding carboxylic acids is 1. The third kappa shape index (κ3) is 4.58. The number of ether oxygens (including phenoxy) is 2. The molecule has 2 aromatic rings. The Morgan fingerprint density at radius 1 is 1.20 bits per heavy atom. The molecule has 0 spiro atoms. The summed E-state index contributed by atoms with van der Waals surface area (Å²) >= 11 is 3.22. The molecule has 0 radical (unpaired) electrons. The Bertz CT molecular complexity index is 875. The molecule has 0 saturated heterocycles. The number of carbonyl (C=O) groups is 1. The summed E-state index contributed by atoms with van der Waals surface area (Å²) in [6.45, 7) is 0. The van der Waals surface area contributed by atoms with Crippen LogP contribution in [0.2, 0.25) is 0 Å². The Labute approximate surface area is 152 Å². The number of methoxy groups -OCH3 is 2. The molecule has 2 rings (SSSR count). The zero-order chi connectivity index (χ0) is 18.4. The molecule has 128 valence electrons. The minimum atomic E-state index is -0.658. The number of hydrogen-bond acceptors (Lipinski definition) is 4. The van der Waals surface area contributed by atoms with Crippen molar-refractivity contribution in [2.24, 2.45) is 0 Å². The number of nitrogens with one attached hydrogen (secondary N) is 1. The summed E-state index contributed by atoms with van der Waals surface area (Å²) in [6.07, 6.45) is 1.19. The van der Waals surface area contributed by atoms with Gasteiger partial charge in [0.15, 0.2) is 11.5 Å². The number of amides is 1. The van der Waals surface area contributed by atoms with E-state index in [1.165, 1.54) is 38.5 Å². The van der Waals surface area contributed by atoms with Crippen LogP contribution >= 0.6 is 15.9 Å². The number of anilines is 1. The molecule has 25 heavy (non-hydrogen) atoms. The first-order chi connectivity index (χ1) is 12.0. The fourth-order valence-electron chi connectivity index (χ4n) is 2.04. The Morgan fingerprint density at radius 3 is 2.56 bits per heavy atom. The van der Waals surface area contributed by atoms with E-state index in [-0.39, 0.29) is 11.1 Å². The normalized spacial score (nSPS) is 10.8. The van der Waals surface area contributed by atoms with E-state index in [1.807, 2.05) is 0 Å². The Kier molecular flexibility index (Phi) is 6.14. The predicted molar refractivity (Wildman–Crippen MR) is 95.9 cm³/mol. The Hall–Kier alpha value is -2.85. The highest BCUT2D eigenvalue weighted by molar-refractivity contribution is 9.10. The average Bonchev–Trinajstić information content (AvgIpc) is 2.62. The lowest BCUT2D eigenvalue weighted by Gasteiger charge is -2.10. The van der Waals surface area contributed by atoms with Gasteiger partial charge in [0.1, 0.15) is 17.5 Å². The van der Waals surface area contributed by atoms with E-state index in [4.69, 9.17) is 9.47 Å². The topological polar surface area (TPSA) is 71.3 Å². The van der Waals surface area contributed by atoms with Crippen molar-refractivity contribution >= 4 is 33.6 Å². The molecule has 0 heterocycles. The standard InChI is InChI=1S/C18H14BrFN2O3/c1-24-16-6-4-14(9-17(16)25-2)22-18(23)12(10-21)7-11-8-13(19)3-5-15(11)20/h3-9H,1-2H3,(H,22,23). The number of nitriles is 1. The van der Waals surface area contributed by atoms with Crippen molar-refractivity contribution in [1.82, 2.24) is 0 Å². The highest BCUT2D eigenvalue weighted by atomic mass is 79.9. The van der Waals surface area contributed by atoms with E-state index in [0.29, 0.717) is 21.7 Å². The summed E-state index contributed by atoms with van der Waals surface area (Å²) in [4.78, 5) is 12.3. The fourth-order valence-corrected chi connectivity index (χ4v) is 2.42. The van der Waals surface area contributed by atoms with Gasteiger partial charge in [0, 0.05) is 21.8 Å². The van der Waals surface area contributed by atoms with Gasteiger partial charge in [-0.25, -0.2) is 4.39 Å². The van der Waals surface area contributed by atoms with Crippen LogP contribution in [-0.4, -0.2) is 20.1 Å². The minimum absolute atomic E-state index is 0.133. The highest BCUT2D eigenvalue weighted by Gasteiger charge is 2.13. The summed E-state index contributed by atoms with van der Waals surface area (Å²) in [6, 6.07) is 10.8. The molecule has 2 aromatic carbocycles. The van der Waals surface area contributed by atoms with Gasteiger partial charge < -0.3 is 14.8 Å². The maximum Gasteiger partial charge on any atom is 0.266 e.